The van der Waals surface area contributed by atoms with Crippen molar-refractivity contribution in [1.29, 1.82) is 0 Å². The van der Waals surface area contributed by atoms with Crippen molar-refractivity contribution in [3.05, 3.63) is 4.88 Å². The van der Waals surface area contributed by atoms with Crippen LogP contribution in [0.2, 0.25) is 0 Å². The maximum Gasteiger partial charge on any atom is 0.265 e. The minimum absolute atomic E-state index is 0.116. The highest BCUT2D eigenvalue weighted by molar-refractivity contribution is 7.18. The molecule has 1 aliphatic heterocycles. The summed E-state index contributed by atoms with van der Waals surface area (Å²) in [7, 11) is 1.76. The zero-order valence-electron chi connectivity index (χ0n) is 11.4. The molecule has 0 spiro atoms. The van der Waals surface area contributed by atoms with Crippen LogP contribution >= 0.6 is 11.3 Å². The van der Waals surface area contributed by atoms with Gasteiger partial charge in [-0.05, 0) is 32.9 Å². The van der Waals surface area contributed by atoms with Crippen LogP contribution in [0, 0.1) is 0 Å². The zero-order valence-corrected chi connectivity index (χ0v) is 12.2. The lowest BCUT2D eigenvalue weighted by Gasteiger charge is -2.20. The second-order valence-corrected chi connectivity index (χ2v) is 5.86. The van der Waals surface area contributed by atoms with Gasteiger partial charge in [-0.15, -0.1) is 0 Å². The van der Waals surface area contributed by atoms with E-state index in [0.29, 0.717) is 15.8 Å². The summed E-state index contributed by atoms with van der Waals surface area (Å²) in [5, 5.41) is 6.54. The third kappa shape index (κ3) is 3.57. The van der Waals surface area contributed by atoms with Crippen LogP contribution in [0.3, 0.4) is 0 Å². The van der Waals surface area contributed by atoms with Crippen LogP contribution in [0.4, 0.5) is 10.9 Å². The molecule has 0 bridgehead atoms. The molecule has 0 aromatic carbocycles. The van der Waals surface area contributed by atoms with Crippen LogP contribution in [0.15, 0.2) is 0 Å². The molecule has 1 aliphatic rings. The van der Waals surface area contributed by atoms with E-state index in [0.717, 1.165) is 19.6 Å². The molecule has 0 saturated carbocycles. The number of anilines is 2. The van der Waals surface area contributed by atoms with E-state index in [9.17, 15) is 4.79 Å². The van der Waals surface area contributed by atoms with E-state index in [1.165, 1.54) is 24.2 Å². The largest absolute Gasteiger partial charge is 0.382 e. The summed E-state index contributed by atoms with van der Waals surface area (Å²) in [6, 6.07) is 0.116. The Balaban J connectivity index is 1.90. The van der Waals surface area contributed by atoms with Crippen LogP contribution < -0.4 is 16.4 Å². The molecule has 106 valence electrons. The normalized spacial score (nSPS) is 17.4. The number of hydrogen-bond acceptors (Lipinski definition) is 6. The van der Waals surface area contributed by atoms with Crippen molar-refractivity contribution < 1.29 is 4.79 Å². The van der Waals surface area contributed by atoms with Gasteiger partial charge in [-0.3, -0.25) is 4.79 Å². The fraction of sp³-hybridized carbons (Fsp3) is 0.667. The van der Waals surface area contributed by atoms with Crippen molar-refractivity contribution in [3.63, 3.8) is 0 Å². The molecule has 1 amide bonds. The number of amides is 1. The molecule has 0 aliphatic carbocycles. The van der Waals surface area contributed by atoms with Gasteiger partial charge in [0.2, 0.25) is 0 Å². The maximum absolute atomic E-state index is 12.1. The Bertz CT molecular complexity index is 441. The molecule has 1 unspecified atom stereocenters. The van der Waals surface area contributed by atoms with Gasteiger partial charge in [0, 0.05) is 19.6 Å². The second-order valence-electron chi connectivity index (χ2n) is 4.87. The van der Waals surface area contributed by atoms with Crippen LogP contribution in [0.1, 0.15) is 29.4 Å². The van der Waals surface area contributed by atoms with Crippen molar-refractivity contribution in [2.24, 2.45) is 0 Å². The van der Waals surface area contributed by atoms with E-state index in [1.807, 2.05) is 6.92 Å². The Morgan fingerprint density at radius 3 is 2.79 bits per heavy atom. The molecule has 1 atom stereocenters. The standard InChI is InChI=1S/C12H21N5OS/c1-8(7-17-5-3-4-6-17)15-11(18)9-10(13)16-12(14-2)19-9/h8H,3-7,13H2,1-2H3,(H,14,16)(H,15,18). The average Bonchev–Trinajstić information content (AvgIpc) is 2.98. The molecule has 1 aromatic heterocycles. The fourth-order valence-electron chi connectivity index (χ4n) is 2.29. The Morgan fingerprint density at radius 1 is 1.53 bits per heavy atom. The number of thiazole rings is 1. The quantitative estimate of drug-likeness (QED) is 0.750. The Morgan fingerprint density at radius 2 is 2.21 bits per heavy atom. The first-order valence-electron chi connectivity index (χ1n) is 6.57. The topological polar surface area (TPSA) is 83.3 Å². The molecule has 0 radical (unpaired) electrons. The molecule has 7 heteroatoms. The van der Waals surface area contributed by atoms with Crippen molar-refractivity contribution in [3.8, 4) is 0 Å². The average molecular weight is 283 g/mol. The van der Waals surface area contributed by atoms with Gasteiger partial charge in [-0.25, -0.2) is 4.98 Å². The van der Waals surface area contributed by atoms with Gasteiger partial charge in [-0.2, -0.15) is 0 Å². The predicted octanol–water partition coefficient (Wildman–Crippen LogP) is 0.981. The summed E-state index contributed by atoms with van der Waals surface area (Å²) in [5.41, 5.74) is 5.75. The molecule has 1 saturated heterocycles. The van der Waals surface area contributed by atoms with Gasteiger partial charge in [0.05, 0.1) is 0 Å². The van der Waals surface area contributed by atoms with Gasteiger partial charge in [0.25, 0.3) is 5.91 Å². The van der Waals surface area contributed by atoms with Gasteiger partial charge in [0.1, 0.15) is 10.7 Å². The van der Waals surface area contributed by atoms with E-state index >= 15 is 0 Å². The summed E-state index contributed by atoms with van der Waals surface area (Å²) < 4.78 is 0. The molecule has 2 heterocycles. The van der Waals surface area contributed by atoms with E-state index in [2.05, 4.69) is 20.5 Å². The Kier molecular flexibility index (Phi) is 4.60. The predicted molar refractivity (Wildman–Crippen MR) is 78.7 cm³/mol. The minimum atomic E-state index is -0.136. The summed E-state index contributed by atoms with van der Waals surface area (Å²) in [6.07, 6.45) is 2.52. The van der Waals surface area contributed by atoms with Gasteiger partial charge < -0.3 is 21.3 Å². The number of rotatable bonds is 5. The molecule has 19 heavy (non-hydrogen) atoms. The zero-order chi connectivity index (χ0) is 13.8. The highest BCUT2D eigenvalue weighted by Gasteiger charge is 2.20. The van der Waals surface area contributed by atoms with Crippen molar-refractivity contribution in [1.82, 2.24) is 15.2 Å². The number of carbonyl (C=O) groups excluding carboxylic acids is 1. The van der Waals surface area contributed by atoms with Crippen molar-refractivity contribution in [2.45, 2.75) is 25.8 Å². The van der Waals surface area contributed by atoms with E-state index in [4.69, 9.17) is 5.73 Å². The highest BCUT2D eigenvalue weighted by atomic mass is 32.1. The maximum atomic E-state index is 12.1. The number of carbonyl (C=O) groups is 1. The molecule has 1 fully saturated rings. The summed E-state index contributed by atoms with van der Waals surface area (Å²) >= 11 is 1.28. The number of hydrogen-bond donors (Lipinski definition) is 3. The van der Waals surface area contributed by atoms with Crippen LogP contribution in [0.25, 0.3) is 0 Å². The van der Waals surface area contributed by atoms with Gasteiger partial charge >= 0.3 is 0 Å². The van der Waals surface area contributed by atoms with Crippen molar-refractivity contribution >= 4 is 28.2 Å². The fourth-order valence-corrected chi connectivity index (χ4v) is 3.03. The molecular weight excluding hydrogens is 262 g/mol. The lowest BCUT2D eigenvalue weighted by atomic mass is 10.3. The Hall–Kier alpha value is -1.34. The van der Waals surface area contributed by atoms with E-state index in [1.54, 1.807) is 7.05 Å². The third-order valence-corrected chi connectivity index (χ3v) is 4.27. The minimum Gasteiger partial charge on any atom is -0.382 e. The molecule has 6 nitrogen and oxygen atoms in total. The van der Waals surface area contributed by atoms with Crippen molar-refractivity contribution in [2.75, 3.05) is 37.7 Å². The number of nitrogen functional groups attached to an aromatic ring is 1. The first-order chi connectivity index (χ1) is 9.10. The van der Waals surface area contributed by atoms with Gasteiger partial charge in [0.15, 0.2) is 5.13 Å². The van der Waals surface area contributed by atoms with E-state index < -0.39 is 0 Å². The number of nitrogens with one attached hydrogen (secondary N) is 2. The van der Waals surface area contributed by atoms with Crippen LogP contribution in [-0.4, -0.2) is 48.5 Å². The van der Waals surface area contributed by atoms with E-state index in [-0.39, 0.29) is 11.9 Å². The van der Waals surface area contributed by atoms with Crippen LogP contribution in [-0.2, 0) is 0 Å². The second kappa shape index (κ2) is 6.21. The summed E-state index contributed by atoms with van der Waals surface area (Å²) in [5.74, 6) is 0.156. The Labute approximate surface area is 117 Å². The first kappa shape index (κ1) is 14.1. The number of nitrogens with zero attached hydrogens (tertiary/aromatic N) is 2. The molecule has 1 aromatic rings. The lowest BCUT2D eigenvalue weighted by Crippen LogP contribution is -2.41. The van der Waals surface area contributed by atoms with Gasteiger partial charge in [-0.1, -0.05) is 11.3 Å². The summed E-state index contributed by atoms with van der Waals surface area (Å²) in [6.45, 7) is 5.18. The smallest absolute Gasteiger partial charge is 0.265 e. The number of likely N-dealkylation sites (tertiary alicyclic amines) is 1. The summed E-state index contributed by atoms with van der Waals surface area (Å²) in [4.78, 5) is 19.0. The first-order valence-corrected chi connectivity index (χ1v) is 7.39. The SMILES string of the molecule is CNc1nc(N)c(C(=O)NC(C)CN2CCCC2)s1. The molecule has 2 rings (SSSR count). The van der Waals surface area contributed by atoms with Crippen LogP contribution in [0.5, 0.6) is 0 Å². The third-order valence-electron chi connectivity index (χ3n) is 3.18. The lowest BCUT2D eigenvalue weighted by molar-refractivity contribution is 0.0936. The molecule has 4 N–H and O–H groups in total. The molecular formula is C12H21N5OS. The highest BCUT2D eigenvalue weighted by Crippen LogP contribution is 2.24. The monoisotopic (exact) mass is 283 g/mol. The number of nitrogens with two attached hydrogens (primary N) is 1. The number of aromatic nitrogens is 1.